The van der Waals surface area contributed by atoms with Crippen molar-refractivity contribution in [2.45, 2.75) is 45.1 Å². The Hall–Kier alpha value is -0.930. The number of carbonyl (C=O) groups is 1. The average Bonchev–Trinajstić information content (AvgIpc) is 2.67. The summed E-state index contributed by atoms with van der Waals surface area (Å²) in [5, 5.41) is 10.5. The van der Waals surface area contributed by atoms with E-state index in [0.717, 1.165) is 50.8 Å². The van der Waals surface area contributed by atoms with Gasteiger partial charge in [-0.25, -0.2) is 0 Å². The van der Waals surface area contributed by atoms with Crippen LogP contribution in [0.2, 0.25) is 0 Å². The van der Waals surface area contributed by atoms with Crippen molar-refractivity contribution in [3.63, 3.8) is 0 Å². The Labute approximate surface area is 121 Å². The van der Waals surface area contributed by atoms with Gasteiger partial charge in [0.05, 0.1) is 11.5 Å². The van der Waals surface area contributed by atoms with Crippen LogP contribution in [0.5, 0.6) is 0 Å². The van der Waals surface area contributed by atoms with Gasteiger partial charge in [0.1, 0.15) is 0 Å². The van der Waals surface area contributed by atoms with E-state index in [0.29, 0.717) is 5.92 Å². The molecule has 2 aliphatic carbocycles. The minimum Gasteiger partial charge on any atom is -0.389 e. The molecule has 0 saturated heterocycles. The topological polar surface area (TPSA) is 40.5 Å². The van der Waals surface area contributed by atoms with Gasteiger partial charge in [-0.3, -0.25) is 4.79 Å². The molecule has 0 aromatic rings. The van der Waals surface area contributed by atoms with Crippen molar-refractivity contribution < 1.29 is 9.90 Å². The molecule has 1 saturated carbocycles. The van der Waals surface area contributed by atoms with Gasteiger partial charge in [0.2, 0.25) is 0 Å². The second-order valence-corrected chi connectivity index (χ2v) is 6.83. The summed E-state index contributed by atoms with van der Waals surface area (Å²) < 4.78 is 0. The van der Waals surface area contributed by atoms with Crippen molar-refractivity contribution in [1.29, 1.82) is 0 Å². The van der Waals surface area contributed by atoms with Crippen LogP contribution in [0.4, 0.5) is 0 Å². The summed E-state index contributed by atoms with van der Waals surface area (Å²) in [6.07, 6.45) is 8.19. The molecule has 20 heavy (non-hydrogen) atoms. The summed E-state index contributed by atoms with van der Waals surface area (Å²) in [7, 11) is 2.14. The van der Waals surface area contributed by atoms with E-state index in [-0.39, 0.29) is 11.2 Å². The Morgan fingerprint density at radius 3 is 3.00 bits per heavy atom. The molecule has 3 heteroatoms. The number of hydrogen-bond acceptors (Lipinski definition) is 3. The third kappa shape index (κ3) is 2.08. The molecule has 1 N–H and O–H groups in total. The van der Waals surface area contributed by atoms with Crippen molar-refractivity contribution in [2.75, 3.05) is 20.1 Å². The number of allylic oxidation sites excluding steroid dienone is 2. The largest absolute Gasteiger partial charge is 0.389 e. The molecular weight excluding hydrogens is 250 g/mol. The van der Waals surface area contributed by atoms with Crippen LogP contribution in [-0.4, -0.2) is 42.0 Å². The van der Waals surface area contributed by atoms with Gasteiger partial charge in [0, 0.05) is 6.54 Å². The molecule has 1 heterocycles. The number of carbonyl (C=O) groups excluding carboxylic acids is 1. The minimum absolute atomic E-state index is 0.249. The molecule has 1 spiro atoms. The molecule has 3 aliphatic rings. The number of rotatable bonds is 0. The maximum Gasteiger partial charge on any atom is 0.166 e. The first-order valence-corrected chi connectivity index (χ1v) is 7.83. The summed E-state index contributed by atoms with van der Waals surface area (Å²) in [4.78, 5) is 15.1. The van der Waals surface area contributed by atoms with E-state index in [1.54, 1.807) is 0 Å². The quantitative estimate of drug-likeness (QED) is 0.690. The molecular formula is C17H25NO2. The fraction of sp³-hybridized carbons (Fsp3) is 0.706. The number of ketones is 1. The molecule has 3 nitrogen and oxygen atoms in total. The van der Waals surface area contributed by atoms with E-state index < -0.39 is 6.10 Å². The van der Waals surface area contributed by atoms with Gasteiger partial charge in [-0.05, 0) is 70.2 Å². The zero-order valence-electron chi connectivity index (χ0n) is 12.6. The standard InChI is InChI=1S/C17H25NO2/c1-12-9-13-11-15(19)14-5-3-7-18(2)8-4-6-17(13,14)16(20)10-12/h5,10,13,15,19H,3-4,6-9,11H2,1-2H3/b14-5-/t13-,15+,17-/m0/s1. The lowest BCUT2D eigenvalue weighted by atomic mass is 9.64. The van der Waals surface area contributed by atoms with Crippen molar-refractivity contribution in [3.8, 4) is 0 Å². The van der Waals surface area contributed by atoms with E-state index in [9.17, 15) is 9.90 Å². The van der Waals surface area contributed by atoms with Crippen molar-refractivity contribution in [3.05, 3.63) is 23.3 Å². The van der Waals surface area contributed by atoms with Gasteiger partial charge >= 0.3 is 0 Å². The van der Waals surface area contributed by atoms with Crippen molar-refractivity contribution in [1.82, 2.24) is 4.90 Å². The Balaban J connectivity index is 2.03. The lowest BCUT2D eigenvalue weighted by Gasteiger charge is -2.38. The van der Waals surface area contributed by atoms with Crippen LogP contribution in [0.3, 0.4) is 0 Å². The van der Waals surface area contributed by atoms with Crippen LogP contribution in [0.1, 0.15) is 39.0 Å². The van der Waals surface area contributed by atoms with E-state index >= 15 is 0 Å². The molecule has 0 radical (unpaired) electrons. The second kappa shape index (κ2) is 5.12. The van der Waals surface area contributed by atoms with Crippen LogP contribution in [-0.2, 0) is 4.79 Å². The van der Waals surface area contributed by atoms with Crippen LogP contribution >= 0.6 is 0 Å². The van der Waals surface area contributed by atoms with E-state index in [2.05, 4.69) is 18.0 Å². The molecule has 0 aromatic carbocycles. The lowest BCUT2D eigenvalue weighted by molar-refractivity contribution is -0.125. The minimum atomic E-state index is -0.411. The molecule has 0 aromatic heterocycles. The predicted molar refractivity (Wildman–Crippen MR) is 79.4 cm³/mol. The summed E-state index contributed by atoms with van der Waals surface area (Å²) in [5.41, 5.74) is 1.83. The maximum atomic E-state index is 12.8. The summed E-state index contributed by atoms with van der Waals surface area (Å²) in [6.45, 7) is 4.10. The third-order valence-electron chi connectivity index (χ3n) is 5.45. The molecule has 0 amide bonds. The molecule has 1 aliphatic heterocycles. The van der Waals surface area contributed by atoms with Gasteiger partial charge in [-0.1, -0.05) is 11.6 Å². The van der Waals surface area contributed by atoms with Crippen LogP contribution < -0.4 is 0 Å². The Kier molecular flexibility index (Phi) is 3.59. The van der Waals surface area contributed by atoms with Gasteiger partial charge in [0.15, 0.2) is 5.78 Å². The van der Waals surface area contributed by atoms with Gasteiger partial charge < -0.3 is 10.0 Å². The molecule has 3 atom stereocenters. The molecule has 0 unspecified atom stereocenters. The molecule has 1 fully saturated rings. The van der Waals surface area contributed by atoms with Crippen LogP contribution in [0, 0.1) is 11.3 Å². The normalized spacial score (nSPS) is 41.6. The highest BCUT2D eigenvalue weighted by atomic mass is 16.3. The fourth-order valence-electron chi connectivity index (χ4n) is 4.50. The number of hydrogen-bond donors (Lipinski definition) is 1. The van der Waals surface area contributed by atoms with Crippen LogP contribution in [0.25, 0.3) is 0 Å². The third-order valence-corrected chi connectivity index (χ3v) is 5.45. The zero-order chi connectivity index (χ0) is 14.3. The SMILES string of the molecule is CC1=CC(=O)[C@]23CCCN(C)CC/C=C\2[C@H](O)C[C@@H]3C1. The maximum absolute atomic E-state index is 12.8. The molecule has 3 rings (SSSR count). The average molecular weight is 275 g/mol. The zero-order valence-corrected chi connectivity index (χ0v) is 12.6. The summed E-state index contributed by atoms with van der Waals surface area (Å²) in [5.74, 6) is 0.559. The van der Waals surface area contributed by atoms with Crippen molar-refractivity contribution >= 4 is 5.78 Å². The second-order valence-electron chi connectivity index (χ2n) is 6.83. The first kappa shape index (κ1) is 14.0. The highest BCUT2D eigenvalue weighted by Gasteiger charge is 2.55. The van der Waals surface area contributed by atoms with E-state index in [1.165, 1.54) is 5.57 Å². The monoisotopic (exact) mass is 275 g/mol. The first-order valence-electron chi connectivity index (χ1n) is 7.83. The number of nitrogens with zero attached hydrogens (tertiary/aromatic N) is 1. The molecule has 0 bridgehead atoms. The molecule has 110 valence electrons. The Bertz CT molecular complexity index is 479. The van der Waals surface area contributed by atoms with Gasteiger partial charge in [0.25, 0.3) is 0 Å². The summed E-state index contributed by atoms with van der Waals surface area (Å²) >= 11 is 0. The predicted octanol–water partition coefficient (Wildman–Crippen LogP) is 2.31. The van der Waals surface area contributed by atoms with Crippen molar-refractivity contribution in [2.24, 2.45) is 11.3 Å². The summed E-state index contributed by atoms with van der Waals surface area (Å²) in [6, 6.07) is 0. The van der Waals surface area contributed by atoms with Gasteiger partial charge in [-0.15, -0.1) is 0 Å². The number of aliphatic hydroxyl groups excluding tert-OH is 1. The van der Waals surface area contributed by atoms with E-state index in [4.69, 9.17) is 0 Å². The smallest absolute Gasteiger partial charge is 0.166 e. The highest BCUT2D eigenvalue weighted by molar-refractivity contribution is 5.99. The van der Waals surface area contributed by atoms with Gasteiger partial charge in [-0.2, -0.15) is 0 Å². The fourth-order valence-corrected chi connectivity index (χ4v) is 4.50. The number of aliphatic hydroxyl groups is 1. The first-order chi connectivity index (χ1) is 9.54. The Morgan fingerprint density at radius 2 is 2.20 bits per heavy atom. The van der Waals surface area contributed by atoms with E-state index in [1.807, 2.05) is 13.0 Å². The van der Waals surface area contributed by atoms with Crippen LogP contribution in [0.15, 0.2) is 23.3 Å². The highest BCUT2D eigenvalue weighted by Crippen LogP contribution is 2.56. The Morgan fingerprint density at radius 1 is 1.40 bits per heavy atom. The lowest BCUT2D eigenvalue weighted by Crippen LogP contribution is -2.39.